The maximum Gasteiger partial charge on any atom is 0.257 e. The molecule has 0 saturated heterocycles. The molecule has 0 fully saturated rings. The molecule has 0 aliphatic heterocycles. The number of imidazole rings is 1. The molecule has 1 aromatic heterocycles. The average molecular weight is 277 g/mol. The van der Waals surface area contributed by atoms with Gasteiger partial charge in [0.25, 0.3) is 10.0 Å². The van der Waals surface area contributed by atoms with Gasteiger partial charge < -0.3 is 4.98 Å². The third kappa shape index (κ3) is 2.41. The summed E-state index contributed by atoms with van der Waals surface area (Å²) < 4.78 is 27.1. The molecule has 2 N–H and O–H groups in total. The molecule has 0 bridgehead atoms. The molecule has 0 unspecified atom stereocenters. The van der Waals surface area contributed by atoms with Crippen molar-refractivity contribution >= 4 is 10.0 Å². The standard InChI is InChI=1S/C13H15N3O2S/c1-9-14-8-13(15-9)19(17,18)16-12-6-10-4-2-3-5-11(10)7-12/h2-5,8,12,16H,6-7H2,1H3,(H,14,15). The molecule has 1 aliphatic rings. The van der Waals surface area contributed by atoms with Crippen molar-refractivity contribution in [2.75, 3.05) is 0 Å². The van der Waals surface area contributed by atoms with Gasteiger partial charge >= 0.3 is 0 Å². The van der Waals surface area contributed by atoms with Crippen LogP contribution < -0.4 is 4.72 Å². The highest BCUT2D eigenvalue weighted by Crippen LogP contribution is 2.22. The summed E-state index contributed by atoms with van der Waals surface area (Å²) in [6.07, 6.45) is 2.82. The highest BCUT2D eigenvalue weighted by atomic mass is 32.2. The lowest BCUT2D eigenvalue weighted by molar-refractivity contribution is 0.552. The van der Waals surface area contributed by atoms with E-state index >= 15 is 0 Å². The van der Waals surface area contributed by atoms with E-state index in [9.17, 15) is 8.42 Å². The molecular formula is C13H15N3O2S. The second kappa shape index (κ2) is 4.47. The monoisotopic (exact) mass is 277 g/mol. The van der Waals surface area contributed by atoms with Crippen LogP contribution in [0.4, 0.5) is 0 Å². The summed E-state index contributed by atoms with van der Waals surface area (Å²) in [5.74, 6) is 0.593. The van der Waals surface area contributed by atoms with Crippen LogP contribution in [-0.4, -0.2) is 24.4 Å². The van der Waals surface area contributed by atoms with Crippen molar-refractivity contribution < 1.29 is 8.42 Å². The molecule has 19 heavy (non-hydrogen) atoms. The number of aryl methyl sites for hydroxylation is 1. The van der Waals surface area contributed by atoms with Gasteiger partial charge in [-0.15, -0.1) is 0 Å². The molecule has 5 nitrogen and oxygen atoms in total. The summed E-state index contributed by atoms with van der Waals surface area (Å²) in [5, 5.41) is 0.126. The quantitative estimate of drug-likeness (QED) is 0.884. The zero-order chi connectivity index (χ0) is 13.5. The Morgan fingerprint density at radius 2 is 1.89 bits per heavy atom. The predicted octanol–water partition coefficient (Wildman–Crippen LogP) is 1.16. The van der Waals surface area contributed by atoms with Gasteiger partial charge in [-0.05, 0) is 30.9 Å². The van der Waals surface area contributed by atoms with Crippen molar-refractivity contribution in [1.29, 1.82) is 0 Å². The zero-order valence-corrected chi connectivity index (χ0v) is 11.4. The minimum absolute atomic E-state index is 0.0778. The zero-order valence-electron chi connectivity index (χ0n) is 10.6. The van der Waals surface area contributed by atoms with E-state index in [0.717, 1.165) is 12.8 Å². The first-order valence-electron chi connectivity index (χ1n) is 6.15. The Labute approximate surface area is 112 Å². The fourth-order valence-electron chi connectivity index (χ4n) is 2.46. The molecule has 0 atom stereocenters. The lowest BCUT2D eigenvalue weighted by Crippen LogP contribution is -2.35. The Morgan fingerprint density at radius 3 is 2.42 bits per heavy atom. The molecule has 0 saturated carbocycles. The van der Waals surface area contributed by atoms with E-state index in [1.165, 1.54) is 17.3 Å². The van der Waals surface area contributed by atoms with Crippen molar-refractivity contribution in [3.05, 3.63) is 47.4 Å². The number of hydrogen-bond donors (Lipinski definition) is 2. The van der Waals surface area contributed by atoms with Gasteiger partial charge in [0.2, 0.25) is 0 Å². The molecule has 100 valence electrons. The molecule has 0 radical (unpaired) electrons. The molecule has 6 heteroatoms. The normalized spacial score (nSPS) is 15.6. The van der Waals surface area contributed by atoms with Crippen LogP contribution in [-0.2, 0) is 22.9 Å². The number of fused-ring (bicyclic) bond motifs is 1. The van der Waals surface area contributed by atoms with Crippen LogP contribution in [0.2, 0.25) is 0 Å². The van der Waals surface area contributed by atoms with Crippen molar-refractivity contribution in [2.24, 2.45) is 0 Å². The Hall–Kier alpha value is -1.66. The number of aromatic nitrogens is 2. The van der Waals surface area contributed by atoms with Crippen LogP contribution in [0.5, 0.6) is 0 Å². The minimum atomic E-state index is -3.51. The fourth-order valence-corrected chi connectivity index (χ4v) is 3.67. The molecule has 2 aromatic rings. The van der Waals surface area contributed by atoms with Gasteiger partial charge in [-0.1, -0.05) is 24.3 Å². The first kappa shape index (κ1) is 12.4. The van der Waals surface area contributed by atoms with Crippen molar-refractivity contribution in [3.63, 3.8) is 0 Å². The van der Waals surface area contributed by atoms with Crippen molar-refractivity contribution in [3.8, 4) is 0 Å². The van der Waals surface area contributed by atoms with Crippen LogP contribution in [0.15, 0.2) is 35.5 Å². The molecule has 3 rings (SSSR count). The van der Waals surface area contributed by atoms with Gasteiger partial charge in [-0.3, -0.25) is 0 Å². The summed E-state index contributed by atoms with van der Waals surface area (Å²) in [5.41, 5.74) is 2.44. The van der Waals surface area contributed by atoms with Crippen LogP contribution >= 0.6 is 0 Å². The van der Waals surface area contributed by atoms with Gasteiger partial charge in [0.1, 0.15) is 5.82 Å². The third-order valence-electron chi connectivity index (χ3n) is 3.34. The van der Waals surface area contributed by atoms with E-state index in [0.29, 0.717) is 5.82 Å². The minimum Gasteiger partial charge on any atom is -0.332 e. The third-order valence-corrected chi connectivity index (χ3v) is 4.77. The van der Waals surface area contributed by atoms with Gasteiger partial charge in [0.05, 0.1) is 6.20 Å². The summed E-state index contributed by atoms with van der Waals surface area (Å²) >= 11 is 0. The summed E-state index contributed by atoms with van der Waals surface area (Å²) in [6, 6.07) is 7.97. The molecule has 1 aliphatic carbocycles. The summed E-state index contributed by atoms with van der Waals surface area (Å²) in [4.78, 5) is 6.67. The van der Waals surface area contributed by atoms with E-state index in [1.54, 1.807) is 6.92 Å². The van der Waals surface area contributed by atoms with Gasteiger partial charge in [-0.2, -0.15) is 0 Å². The smallest absolute Gasteiger partial charge is 0.257 e. The molecule has 1 aromatic carbocycles. The Bertz CT molecular complexity index is 681. The summed E-state index contributed by atoms with van der Waals surface area (Å²) in [6.45, 7) is 1.73. The highest BCUT2D eigenvalue weighted by molar-refractivity contribution is 7.89. The number of benzene rings is 1. The highest BCUT2D eigenvalue weighted by Gasteiger charge is 2.27. The number of H-pyrrole nitrogens is 1. The van der Waals surface area contributed by atoms with E-state index < -0.39 is 10.0 Å². The van der Waals surface area contributed by atoms with Gasteiger partial charge in [-0.25, -0.2) is 18.1 Å². The topological polar surface area (TPSA) is 74.8 Å². The van der Waals surface area contributed by atoms with Crippen molar-refractivity contribution in [2.45, 2.75) is 30.8 Å². The second-order valence-corrected chi connectivity index (χ2v) is 6.51. The number of rotatable bonds is 3. The van der Waals surface area contributed by atoms with E-state index in [-0.39, 0.29) is 11.1 Å². The largest absolute Gasteiger partial charge is 0.332 e. The SMILES string of the molecule is Cc1ncc(S(=O)(=O)NC2Cc3ccccc3C2)[nH]1. The maximum atomic E-state index is 12.2. The molecule has 0 amide bonds. The number of nitrogens with one attached hydrogen (secondary N) is 2. The van der Waals surface area contributed by atoms with Gasteiger partial charge in [0, 0.05) is 6.04 Å². The number of hydrogen-bond acceptors (Lipinski definition) is 3. The van der Waals surface area contributed by atoms with Gasteiger partial charge in [0.15, 0.2) is 5.03 Å². The Kier molecular flexibility index (Phi) is 2.91. The van der Waals surface area contributed by atoms with Crippen LogP contribution in [0.25, 0.3) is 0 Å². The molecule has 0 spiro atoms. The number of nitrogens with zero attached hydrogens (tertiary/aromatic N) is 1. The lowest BCUT2D eigenvalue weighted by atomic mass is 10.1. The average Bonchev–Trinajstić information content (AvgIpc) is 2.94. The van der Waals surface area contributed by atoms with Crippen LogP contribution in [0.3, 0.4) is 0 Å². The fraction of sp³-hybridized carbons (Fsp3) is 0.308. The molecular weight excluding hydrogens is 262 g/mol. The van der Waals surface area contributed by atoms with E-state index in [2.05, 4.69) is 14.7 Å². The second-order valence-electron chi connectivity index (χ2n) is 4.83. The Morgan fingerprint density at radius 1 is 1.26 bits per heavy atom. The van der Waals surface area contributed by atoms with Crippen LogP contribution in [0.1, 0.15) is 17.0 Å². The van der Waals surface area contributed by atoms with E-state index in [4.69, 9.17) is 0 Å². The predicted molar refractivity (Wildman–Crippen MR) is 71.3 cm³/mol. The Balaban J connectivity index is 1.77. The number of sulfonamides is 1. The van der Waals surface area contributed by atoms with Crippen molar-refractivity contribution in [1.82, 2.24) is 14.7 Å². The van der Waals surface area contributed by atoms with E-state index in [1.807, 2.05) is 24.3 Å². The molecule has 1 heterocycles. The first-order valence-corrected chi connectivity index (χ1v) is 7.63. The number of aromatic amines is 1. The first-order chi connectivity index (χ1) is 9.04. The maximum absolute atomic E-state index is 12.2. The lowest BCUT2D eigenvalue weighted by Gasteiger charge is -2.11. The summed E-state index contributed by atoms with van der Waals surface area (Å²) in [7, 11) is -3.51. The van der Waals surface area contributed by atoms with Crippen LogP contribution in [0, 0.1) is 6.92 Å².